The highest BCUT2D eigenvalue weighted by Crippen LogP contribution is 2.27. The summed E-state index contributed by atoms with van der Waals surface area (Å²) in [4.78, 5) is 10.9. The number of carboxylic acid groups (broad SMARTS) is 1. The van der Waals surface area contributed by atoms with E-state index in [2.05, 4.69) is 5.32 Å². The molecule has 1 aliphatic rings. The Bertz CT molecular complexity index is 402. The molecule has 0 spiro atoms. The standard InChI is InChI=1S/C12H14FNO2/c13-9-4-5-11(10(6-9)12(15)16)14-7-8-2-1-3-8/h4-6,8,14H,1-3,7H2,(H,15,16). The van der Waals surface area contributed by atoms with Crippen LogP contribution in [0.3, 0.4) is 0 Å². The summed E-state index contributed by atoms with van der Waals surface area (Å²) >= 11 is 0. The van der Waals surface area contributed by atoms with Gasteiger partial charge in [-0.2, -0.15) is 0 Å². The predicted molar refractivity (Wildman–Crippen MR) is 59.2 cm³/mol. The van der Waals surface area contributed by atoms with Gasteiger partial charge in [0.15, 0.2) is 0 Å². The molecule has 1 fully saturated rings. The lowest BCUT2D eigenvalue weighted by Crippen LogP contribution is -2.21. The smallest absolute Gasteiger partial charge is 0.337 e. The van der Waals surface area contributed by atoms with Crippen molar-refractivity contribution < 1.29 is 14.3 Å². The van der Waals surface area contributed by atoms with Crippen molar-refractivity contribution in [2.24, 2.45) is 5.92 Å². The minimum atomic E-state index is -1.10. The van der Waals surface area contributed by atoms with Gasteiger partial charge in [0.1, 0.15) is 5.82 Å². The van der Waals surface area contributed by atoms with Crippen molar-refractivity contribution in [2.45, 2.75) is 19.3 Å². The molecule has 1 aromatic carbocycles. The maximum Gasteiger partial charge on any atom is 0.337 e. The first-order valence-corrected chi connectivity index (χ1v) is 5.43. The van der Waals surface area contributed by atoms with Gasteiger partial charge in [-0.15, -0.1) is 0 Å². The molecule has 4 heteroatoms. The van der Waals surface area contributed by atoms with Gasteiger partial charge < -0.3 is 10.4 Å². The number of nitrogens with one attached hydrogen (secondary N) is 1. The first-order valence-electron chi connectivity index (χ1n) is 5.43. The molecule has 1 saturated carbocycles. The first kappa shape index (κ1) is 10.9. The van der Waals surface area contributed by atoms with Crippen LogP contribution in [0.1, 0.15) is 29.6 Å². The molecular formula is C12H14FNO2. The number of aromatic carboxylic acids is 1. The van der Waals surface area contributed by atoms with E-state index in [4.69, 9.17) is 5.11 Å². The fourth-order valence-corrected chi connectivity index (χ4v) is 1.80. The lowest BCUT2D eigenvalue weighted by molar-refractivity contribution is 0.0697. The van der Waals surface area contributed by atoms with Crippen molar-refractivity contribution in [1.82, 2.24) is 0 Å². The topological polar surface area (TPSA) is 49.3 Å². The minimum absolute atomic E-state index is 0.000626. The second kappa shape index (κ2) is 4.51. The van der Waals surface area contributed by atoms with E-state index in [1.54, 1.807) is 0 Å². The van der Waals surface area contributed by atoms with Crippen LogP contribution in [0.25, 0.3) is 0 Å². The van der Waals surface area contributed by atoms with E-state index in [1.807, 2.05) is 0 Å². The Kier molecular flexibility index (Phi) is 3.08. The summed E-state index contributed by atoms with van der Waals surface area (Å²) in [6.45, 7) is 0.770. The van der Waals surface area contributed by atoms with Gasteiger partial charge in [0.25, 0.3) is 0 Å². The average molecular weight is 223 g/mol. The zero-order valence-corrected chi connectivity index (χ0v) is 8.87. The Labute approximate surface area is 93.3 Å². The van der Waals surface area contributed by atoms with Crippen molar-refractivity contribution >= 4 is 11.7 Å². The van der Waals surface area contributed by atoms with E-state index < -0.39 is 11.8 Å². The Morgan fingerprint density at radius 3 is 2.81 bits per heavy atom. The molecule has 2 rings (SSSR count). The van der Waals surface area contributed by atoms with E-state index >= 15 is 0 Å². The molecule has 0 heterocycles. The predicted octanol–water partition coefficient (Wildman–Crippen LogP) is 2.74. The normalized spacial score (nSPS) is 15.6. The van der Waals surface area contributed by atoms with Crippen LogP contribution in [0.15, 0.2) is 18.2 Å². The zero-order chi connectivity index (χ0) is 11.5. The fraction of sp³-hybridized carbons (Fsp3) is 0.417. The zero-order valence-electron chi connectivity index (χ0n) is 8.87. The Hall–Kier alpha value is -1.58. The molecule has 3 nitrogen and oxygen atoms in total. The molecule has 0 radical (unpaired) electrons. The number of hydrogen-bond acceptors (Lipinski definition) is 2. The van der Waals surface area contributed by atoms with E-state index in [1.165, 1.54) is 31.4 Å². The number of rotatable bonds is 4. The third kappa shape index (κ3) is 2.32. The summed E-state index contributed by atoms with van der Waals surface area (Å²) in [6, 6.07) is 3.80. The lowest BCUT2D eigenvalue weighted by Gasteiger charge is -2.26. The Morgan fingerprint density at radius 2 is 2.25 bits per heavy atom. The number of anilines is 1. The number of carboxylic acids is 1. The van der Waals surface area contributed by atoms with Crippen LogP contribution in [0, 0.1) is 11.7 Å². The third-order valence-electron chi connectivity index (χ3n) is 3.02. The van der Waals surface area contributed by atoms with Gasteiger partial charge in [-0.25, -0.2) is 9.18 Å². The lowest BCUT2D eigenvalue weighted by atomic mass is 9.85. The van der Waals surface area contributed by atoms with Gasteiger partial charge in [-0.05, 0) is 37.0 Å². The molecule has 0 aromatic heterocycles. The number of halogens is 1. The van der Waals surface area contributed by atoms with Crippen molar-refractivity contribution in [2.75, 3.05) is 11.9 Å². The van der Waals surface area contributed by atoms with Crippen LogP contribution in [0.5, 0.6) is 0 Å². The maximum absolute atomic E-state index is 12.9. The van der Waals surface area contributed by atoms with E-state index in [0.29, 0.717) is 11.6 Å². The van der Waals surface area contributed by atoms with Crippen LogP contribution in [0.4, 0.5) is 10.1 Å². The van der Waals surface area contributed by atoms with Crippen LogP contribution in [-0.4, -0.2) is 17.6 Å². The van der Waals surface area contributed by atoms with Crippen LogP contribution in [-0.2, 0) is 0 Å². The summed E-state index contributed by atoms with van der Waals surface area (Å²) in [7, 11) is 0. The molecule has 1 aliphatic carbocycles. The fourth-order valence-electron chi connectivity index (χ4n) is 1.80. The molecule has 86 valence electrons. The first-order chi connectivity index (χ1) is 7.66. The minimum Gasteiger partial charge on any atom is -0.478 e. The quantitative estimate of drug-likeness (QED) is 0.825. The summed E-state index contributed by atoms with van der Waals surface area (Å²) < 4.78 is 12.9. The summed E-state index contributed by atoms with van der Waals surface area (Å²) in [6.07, 6.45) is 3.63. The van der Waals surface area contributed by atoms with E-state index in [0.717, 1.165) is 12.6 Å². The highest BCUT2D eigenvalue weighted by molar-refractivity contribution is 5.94. The number of carbonyl (C=O) groups is 1. The van der Waals surface area contributed by atoms with Gasteiger partial charge >= 0.3 is 5.97 Å². The van der Waals surface area contributed by atoms with Crippen molar-refractivity contribution in [3.05, 3.63) is 29.6 Å². The van der Waals surface area contributed by atoms with Gasteiger partial charge in [0, 0.05) is 12.2 Å². The third-order valence-corrected chi connectivity index (χ3v) is 3.02. The molecular weight excluding hydrogens is 209 g/mol. The van der Waals surface area contributed by atoms with Crippen LogP contribution < -0.4 is 5.32 Å². The molecule has 0 saturated heterocycles. The summed E-state index contributed by atoms with van der Waals surface area (Å²) in [5.41, 5.74) is 0.500. The molecule has 0 atom stereocenters. The molecule has 0 bridgehead atoms. The van der Waals surface area contributed by atoms with Crippen LogP contribution >= 0.6 is 0 Å². The highest BCUT2D eigenvalue weighted by Gasteiger charge is 2.18. The van der Waals surface area contributed by atoms with E-state index in [-0.39, 0.29) is 5.56 Å². The Morgan fingerprint density at radius 1 is 1.50 bits per heavy atom. The van der Waals surface area contributed by atoms with Crippen molar-refractivity contribution in [3.63, 3.8) is 0 Å². The molecule has 0 amide bonds. The summed E-state index contributed by atoms with van der Waals surface area (Å²) in [5.74, 6) is -0.992. The van der Waals surface area contributed by atoms with Crippen molar-refractivity contribution in [3.8, 4) is 0 Å². The van der Waals surface area contributed by atoms with Gasteiger partial charge in [-0.3, -0.25) is 0 Å². The molecule has 2 N–H and O–H groups in total. The second-order valence-electron chi connectivity index (χ2n) is 4.17. The van der Waals surface area contributed by atoms with Crippen LogP contribution in [0.2, 0.25) is 0 Å². The number of hydrogen-bond donors (Lipinski definition) is 2. The molecule has 16 heavy (non-hydrogen) atoms. The number of benzene rings is 1. The molecule has 0 aliphatic heterocycles. The SMILES string of the molecule is O=C(O)c1cc(F)ccc1NCC1CCC1. The second-order valence-corrected chi connectivity index (χ2v) is 4.17. The van der Waals surface area contributed by atoms with Crippen molar-refractivity contribution in [1.29, 1.82) is 0 Å². The summed E-state index contributed by atoms with van der Waals surface area (Å²) in [5, 5.41) is 12.0. The highest BCUT2D eigenvalue weighted by atomic mass is 19.1. The van der Waals surface area contributed by atoms with Gasteiger partial charge in [-0.1, -0.05) is 6.42 Å². The van der Waals surface area contributed by atoms with E-state index in [9.17, 15) is 9.18 Å². The molecule has 0 unspecified atom stereocenters. The largest absolute Gasteiger partial charge is 0.478 e. The molecule has 1 aromatic rings. The Balaban J connectivity index is 2.08. The average Bonchev–Trinajstić information content (AvgIpc) is 2.17. The van der Waals surface area contributed by atoms with Gasteiger partial charge in [0.05, 0.1) is 5.56 Å². The monoisotopic (exact) mass is 223 g/mol. The van der Waals surface area contributed by atoms with Gasteiger partial charge in [0.2, 0.25) is 0 Å². The maximum atomic E-state index is 12.9.